The minimum absolute atomic E-state index is 0.505. The number of methoxy groups -OCH3 is 1. The Labute approximate surface area is 171 Å². The topological polar surface area (TPSA) is 52.1 Å². The first-order valence-electron chi connectivity index (χ1n) is 10.6. The molecule has 0 aliphatic heterocycles. The van der Waals surface area contributed by atoms with E-state index in [0.717, 1.165) is 57.8 Å². The quantitative estimate of drug-likeness (QED) is 0.400. The number of guanidine groups is 1. The molecule has 0 heterocycles. The lowest BCUT2D eigenvalue weighted by Gasteiger charge is -2.25. The summed E-state index contributed by atoms with van der Waals surface area (Å²) in [6.07, 6.45) is 3.72. The number of nitrogens with zero attached hydrogens (tertiary/aromatic N) is 3. The highest BCUT2D eigenvalue weighted by Crippen LogP contribution is 2.25. The first kappa shape index (κ1) is 22.7. The fraction of sp³-hybridized carbons (Fsp3) is 0.682. The third-order valence-electron chi connectivity index (χ3n) is 5.44. The summed E-state index contributed by atoms with van der Waals surface area (Å²) in [6, 6.07) is 11.9. The number of ether oxygens (including phenoxy) is 1. The molecule has 0 amide bonds. The molecule has 0 spiro atoms. The van der Waals surface area contributed by atoms with E-state index in [1.54, 1.807) is 7.11 Å². The van der Waals surface area contributed by atoms with Crippen molar-refractivity contribution < 1.29 is 4.74 Å². The average Bonchev–Trinajstić information content (AvgIpc) is 3.55. The number of rotatable bonds is 13. The van der Waals surface area contributed by atoms with Crippen LogP contribution < -0.4 is 10.6 Å². The maximum Gasteiger partial charge on any atom is 0.191 e. The first-order valence-corrected chi connectivity index (χ1v) is 10.6. The van der Waals surface area contributed by atoms with Gasteiger partial charge in [-0.15, -0.1) is 0 Å². The Morgan fingerprint density at radius 1 is 1.18 bits per heavy atom. The summed E-state index contributed by atoms with van der Waals surface area (Å²) in [4.78, 5) is 9.27. The smallest absolute Gasteiger partial charge is 0.191 e. The van der Waals surface area contributed by atoms with Crippen LogP contribution in [0.15, 0.2) is 35.3 Å². The van der Waals surface area contributed by atoms with Crippen LogP contribution in [0.5, 0.6) is 0 Å². The van der Waals surface area contributed by atoms with Crippen LogP contribution in [0.4, 0.5) is 0 Å². The summed E-state index contributed by atoms with van der Waals surface area (Å²) >= 11 is 0. The summed E-state index contributed by atoms with van der Waals surface area (Å²) in [5.41, 5.74) is 1.36. The molecule has 1 aromatic carbocycles. The predicted molar refractivity (Wildman–Crippen MR) is 118 cm³/mol. The normalized spacial score (nSPS) is 15.9. The van der Waals surface area contributed by atoms with E-state index in [1.165, 1.54) is 18.4 Å². The third-order valence-corrected chi connectivity index (χ3v) is 5.44. The highest BCUT2D eigenvalue weighted by molar-refractivity contribution is 5.79. The molecule has 2 rings (SSSR count). The monoisotopic (exact) mass is 389 g/mol. The standard InChI is InChI=1S/C22H39N5O/c1-19(26(3)18-20-8-6-5-7-9-20)12-13-24-22(23-2)25-14-15-27(16-17-28-4)21-10-11-21/h5-9,19,21H,10-18H2,1-4H3,(H2,23,24,25). The van der Waals surface area contributed by atoms with Gasteiger partial charge in [0.15, 0.2) is 5.96 Å². The fourth-order valence-electron chi connectivity index (χ4n) is 3.31. The zero-order chi connectivity index (χ0) is 20.2. The van der Waals surface area contributed by atoms with E-state index >= 15 is 0 Å². The molecule has 2 N–H and O–H groups in total. The van der Waals surface area contributed by atoms with Crippen LogP contribution in [0.2, 0.25) is 0 Å². The van der Waals surface area contributed by atoms with Crippen molar-refractivity contribution in [3.63, 3.8) is 0 Å². The molecule has 0 aromatic heterocycles. The molecule has 1 aliphatic rings. The second kappa shape index (κ2) is 12.8. The van der Waals surface area contributed by atoms with E-state index in [-0.39, 0.29) is 0 Å². The van der Waals surface area contributed by atoms with Crippen molar-refractivity contribution in [3.8, 4) is 0 Å². The number of hydrogen-bond acceptors (Lipinski definition) is 4. The van der Waals surface area contributed by atoms with Crippen molar-refractivity contribution in [3.05, 3.63) is 35.9 Å². The van der Waals surface area contributed by atoms with Crippen LogP contribution in [0, 0.1) is 0 Å². The van der Waals surface area contributed by atoms with E-state index < -0.39 is 0 Å². The molecule has 0 radical (unpaired) electrons. The molecule has 1 fully saturated rings. The van der Waals surface area contributed by atoms with Gasteiger partial charge in [0.05, 0.1) is 6.61 Å². The van der Waals surface area contributed by atoms with Crippen LogP contribution in [0.3, 0.4) is 0 Å². The van der Waals surface area contributed by atoms with Crippen molar-refractivity contribution in [1.29, 1.82) is 0 Å². The Kier molecular flexibility index (Phi) is 10.3. The van der Waals surface area contributed by atoms with Gasteiger partial charge in [-0.3, -0.25) is 14.8 Å². The van der Waals surface area contributed by atoms with E-state index in [0.29, 0.717) is 6.04 Å². The van der Waals surface area contributed by atoms with Gasteiger partial charge in [-0.2, -0.15) is 0 Å². The lowest BCUT2D eigenvalue weighted by Crippen LogP contribution is -2.43. The minimum Gasteiger partial charge on any atom is -0.383 e. The van der Waals surface area contributed by atoms with E-state index in [2.05, 4.69) is 69.7 Å². The Morgan fingerprint density at radius 2 is 1.89 bits per heavy atom. The molecule has 158 valence electrons. The van der Waals surface area contributed by atoms with Crippen LogP contribution in [0.25, 0.3) is 0 Å². The molecule has 6 heteroatoms. The maximum absolute atomic E-state index is 5.23. The molecule has 1 aliphatic carbocycles. The summed E-state index contributed by atoms with van der Waals surface area (Å²) in [7, 11) is 5.80. The molecular formula is C22H39N5O. The lowest BCUT2D eigenvalue weighted by molar-refractivity contribution is 0.144. The molecule has 1 atom stereocenters. The highest BCUT2D eigenvalue weighted by atomic mass is 16.5. The lowest BCUT2D eigenvalue weighted by atomic mass is 10.1. The second-order valence-electron chi connectivity index (χ2n) is 7.72. The van der Waals surface area contributed by atoms with Gasteiger partial charge in [-0.25, -0.2) is 0 Å². The Hall–Kier alpha value is -1.63. The summed E-state index contributed by atoms with van der Waals surface area (Å²) in [5.74, 6) is 0.889. The predicted octanol–water partition coefficient (Wildman–Crippen LogP) is 2.17. The van der Waals surface area contributed by atoms with Crippen LogP contribution in [-0.4, -0.2) is 81.8 Å². The second-order valence-corrected chi connectivity index (χ2v) is 7.72. The molecule has 1 aromatic rings. The molecule has 28 heavy (non-hydrogen) atoms. The zero-order valence-electron chi connectivity index (χ0n) is 18.2. The van der Waals surface area contributed by atoms with Crippen LogP contribution >= 0.6 is 0 Å². The van der Waals surface area contributed by atoms with Gasteiger partial charge >= 0.3 is 0 Å². The molecule has 1 unspecified atom stereocenters. The van der Waals surface area contributed by atoms with Crippen molar-refractivity contribution in [2.45, 2.75) is 44.8 Å². The Morgan fingerprint density at radius 3 is 2.54 bits per heavy atom. The molecule has 6 nitrogen and oxygen atoms in total. The Balaban J connectivity index is 1.61. The van der Waals surface area contributed by atoms with Gasteiger partial charge in [0.25, 0.3) is 0 Å². The van der Waals surface area contributed by atoms with E-state index in [4.69, 9.17) is 4.74 Å². The molecule has 0 bridgehead atoms. The van der Waals surface area contributed by atoms with Crippen LogP contribution in [-0.2, 0) is 11.3 Å². The average molecular weight is 390 g/mol. The van der Waals surface area contributed by atoms with Crippen molar-refractivity contribution in [1.82, 2.24) is 20.4 Å². The van der Waals surface area contributed by atoms with Gasteiger partial charge in [0.1, 0.15) is 0 Å². The van der Waals surface area contributed by atoms with Gasteiger partial charge in [-0.05, 0) is 38.8 Å². The van der Waals surface area contributed by atoms with Gasteiger partial charge in [0.2, 0.25) is 0 Å². The summed E-state index contributed by atoms with van der Waals surface area (Å²) in [6.45, 7) is 7.93. The largest absolute Gasteiger partial charge is 0.383 e. The van der Waals surface area contributed by atoms with Gasteiger partial charge in [0, 0.05) is 59.0 Å². The first-order chi connectivity index (χ1) is 13.6. The maximum atomic E-state index is 5.23. The Bertz CT molecular complexity index is 561. The molecular weight excluding hydrogens is 350 g/mol. The van der Waals surface area contributed by atoms with Gasteiger partial charge < -0.3 is 15.4 Å². The minimum atomic E-state index is 0.505. The summed E-state index contributed by atoms with van der Waals surface area (Å²) in [5, 5.41) is 6.89. The number of nitrogens with one attached hydrogen (secondary N) is 2. The number of benzene rings is 1. The zero-order valence-corrected chi connectivity index (χ0v) is 18.2. The van der Waals surface area contributed by atoms with E-state index in [9.17, 15) is 0 Å². The van der Waals surface area contributed by atoms with Crippen molar-refractivity contribution >= 4 is 5.96 Å². The molecule has 0 saturated heterocycles. The van der Waals surface area contributed by atoms with E-state index in [1.807, 2.05) is 7.05 Å². The van der Waals surface area contributed by atoms with Crippen molar-refractivity contribution in [2.75, 3.05) is 54.0 Å². The third kappa shape index (κ3) is 8.59. The van der Waals surface area contributed by atoms with Gasteiger partial charge in [-0.1, -0.05) is 30.3 Å². The number of hydrogen-bond donors (Lipinski definition) is 2. The number of aliphatic imine (C=N–C) groups is 1. The van der Waals surface area contributed by atoms with Crippen LogP contribution in [0.1, 0.15) is 31.7 Å². The SMILES string of the molecule is CN=C(NCCC(C)N(C)Cc1ccccc1)NCCN(CCOC)C1CC1. The fourth-order valence-corrected chi connectivity index (χ4v) is 3.31. The molecule has 1 saturated carbocycles. The highest BCUT2D eigenvalue weighted by Gasteiger charge is 2.28. The summed E-state index contributed by atoms with van der Waals surface area (Å²) < 4.78 is 5.23. The van der Waals surface area contributed by atoms with Crippen molar-refractivity contribution in [2.24, 2.45) is 4.99 Å².